The van der Waals surface area contributed by atoms with Gasteiger partial charge in [0.25, 0.3) is 0 Å². The van der Waals surface area contributed by atoms with E-state index in [0.717, 1.165) is 0 Å². The van der Waals surface area contributed by atoms with Crippen molar-refractivity contribution in [2.75, 3.05) is 6.54 Å². The van der Waals surface area contributed by atoms with Crippen LogP contribution < -0.4 is 10.6 Å². The van der Waals surface area contributed by atoms with Crippen LogP contribution in [0, 0.1) is 0 Å². The van der Waals surface area contributed by atoms with Crippen molar-refractivity contribution in [3.63, 3.8) is 0 Å². The second-order valence-corrected chi connectivity index (χ2v) is 2.20. The van der Waals surface area contributed by atoms with Gasteiger partial charge in [-0.05, 0) is 13.0 Å². The predicted octanol–water partition coefficient (Wildman–Crippen LogP) is -0.836. The molecule has 5 heteroatoms. The second-order valence-electron chi connectivity index (χ2n) is 2.20. The molecule has 2 N–H and O–H groups in total. The molecule has 64 valence electrons. The van der Waals surface area contributed by atoms with Crippen LogP contribution >= 0.6 is 0 Å². The summed E-state index contributed by atoms with van der Waals surface area (Å²) in [7, 11) is 0. The molecule has 1 rings (SSSR count). The number of allylic oxidation sites excluding steroid dienone is 1. The zero-order valence-electron chi connectivity index (χ0n) is 6.63. The Hall–Kier alpha value is -1.65. The fourth-order valence-electron chi connectivity index (χ4n) is 0.742. The van der Waals surface area contributed by atoms with E-state index in [1.54, 1.807) is 13.0 Å². The highest BCUT2D eigenvalue weighted by Gasteiger charge is 2.13. The van der Waals surface area contributed by atoms with Crippen molar-refractivity contribution in [1.29, 1.82) is 0 Å². The van der Waals surface area contributed by atoms with Crippen LogP contribution in [0.15, 0.2) is 17.1 Å². The highest BCUT2D eigenvalue weighted by Crippen LogP contribution is 1.83. The summed E-state index contributed by atoms with van der Waals surface area (Å²) in [6.07, 6.45) is 2.96. The molecule has 0 aromatic rings. The molecule has 5 nitrogen and oxygen atoms in total. The van der Waals surface area contributed by atoms with Crippen molar-refractivity contribution in [1.82, 2.24) is 10.6 Å². The highest BCUT2D eigenvalue weighted by atomic mass is 16.2. The first-order valence-corrected chi connectivity index (χ1v) is 3.50. The Kier molecular flexibility index (Phi) is 2.57. The third kappa shape index (κ3) is 2.19. The normalized spacial score (nSPS) is 16.1. The summed E-state index contributed by atoms with van der Waals surface area (Å²) < 4.78 is 0. The molecular formula is C7H9N3O2. The van der Waals surface area contributed by atoms with Gasteiger partial charge in [-0.25, -0.2) is 4.99 Å². The van der Waals surface area contributed by atoms with Crippen LogP contribution in [-0.4, -0.2) is 24.3 Å². The van der Waals surface area contributed by atoms with Crippen LogP contribution in [0.5, 0.6) is 0 Å². The van der Waals surface area contributed by atoms with Crippen molar-refractivity contribution in [2.24, 2.45) is 4.99 Å². The van der Waals surface area contributed by atoms with E-state index in [4.69, 9.17) is 0 Å². The summed E-state index contributed by atoms with van der Waals surface area (Å²) in [4.78, 5) is 25.2. The third-order valence-corrected chi connectivity index (χ3v) is 1.20. The molecule has 0 aromatic carbocycles. The molecule has 0 fully saturated rings. The van der Waals surface area contributed by atoms with Crippen LogP contribution in [0.25, 0.3) is 0 Å². The molecular weight excluding hydrogens is 158 g/mol. The summed E-state index contributed by atoms with van der Waals surface area (Å²) in [5.41, 5.74) is 0. The third-order valence-electron chi connectivity index (χ3n) is 1.20. The smallest absolute Gasteiger partial charge is 0.250 e. The average molecular weight is 167 g/mol. The minimum atomic E-state index is -0.293. The van der Waals surface area contributed by atoms with E-state index >= 15 is 0 Å². The maximum absolute atomic E-state index is 10.9. The van der Waals surface area contributed by atoms with E-state index in [2.05, 4.69) is 15.6 Å². The Morgan fingerprint density at radius 1 is 1.75 bits per heavy atom. The van der Waals surface area contributed by atoms with E-state index < -0.39 is 0 Å². The van der Waals surface area contributed by atoms with Crippen LogP contribution in [0.1, 0.15) is 6.92 Å². The fraction of sp³-hybridized carbons (Fsp3) is 0.286. The number of amides is 2. The average Bonchev–Trinajstić information content (AvgIpc) is 2.36. The Balaban J connectivity index is 2.42. The molecule has 0 saturated heterocycles. The largest absolute Gasteiger partial charge is 0.295 e. The highest BCUT2D eigenvalue weighted by molar-refractivity contribution is 6.10. The Morgan fingerprint density at radius 2 is 2.50 bits per heavy atom. The lowest BCUT2D eigenvalue weighted by Gasteiger charge is -1.99. The molecule has 0 aromatic heterocycles. The summed E-state index contributed by atoms with van der Waals surface area (Å²) >= 11 is 0. The number of hydrogen-bond donors (Lipinski definition) is 2. The lowest BCUT2D eigenvalue weighted by molar-refractivity contribution is -0.117. The summed E-state index contributed by atoms with van der Waals surface area (Å²) in [5, 5.41) is 4.79. The van der Waals surface area contributed by atoms with Crippen LogP contribution in [-0.2, 0) is 9.59 Å². The zero-order valence-corrected chi connectivity index (χ0v) is 6.63. The number of carbonyl (C=O) groups is 2. The van der Waals surface area contributed by atoms with E-state index in [1.165, 1.54) is 6.08 Å². The topological polar surface area (TPSA) is 70.6 Å². The van der Waals surface area contributed by atoms with Crippen molar-refractivity contribution in [3.8, 4) is 0 Å². The van der Waals surface area contributed by atoms with Gasteiger partial charge in [0.05, 0.1) is 0 Å². The number of nitrogens with one attached hydrogen (secondary N) is 2. The molecule has 0 bridgehead atoms. The van der Waals surface area contributed by atoms with Crippen LogP contribution in [0.3, 0.4) is 0 Å². The SMILES string of the molecule is C/C=C/C(=O)NC1=NCC(=O)N1. The van der Waals surface area contributed by atoms with Crippen molar-refractivity contribution in [3.05, 3.63) is 12.2 Å². The number of rotatable bonds is 1. The number of nitrogens with zero attached hydrogens (tertiary/aromatic N) is 1. The number of guanidine groups is 1. The van der Waals surface area contributed by atoms with Gasteiger partial charge in [0.15, 0.2) is 0 Å². The maximum atomic E-state index is 10.9. The Labute approximate surface area is 69.6 Å². The molecule has 12 heavy (non-hydrogen) atoms. The zero-order chi connectivity index (χ0) is 8.97. The van der Waals surface area contributed by atoms with Gasteiger partial charge in [-0.1, -0.05) is 6.08 Å². The number of carbonyl (C=O) groups excluding carboxylic acids is 2. The van der Waals surface area contributed by atoms with E-state index in [9.17, 15) is 9.59 Å². The molecule has 0 atom stereocenters. The van der Waals surface area contributed by atoms with Crippen LogP contribution in [0.2, 0.25) is 0 Å². The number of aliphatic imine (C=N–C) groups is 1. The summed E-state index contributed by atoms with van der Waals surface area (Å²) in [6, 6.07) is 0. The van der Waals surface area contributed by atoms with E-state index in [0.29, 0.717) is 0 Å². The summed E-state index contributed by atoms with van der Waals surface area (Å²) in [5.74, 6) is -0.271. The van der Waals surface area contributed by atoms with Crippen molar-refractivity contribution >= 4 is 17.8 Å². The first-order valence-electron chi connectivity index (χ1n) is 3.50. The van der Waals surface area contributed by atoms with Crippen molar-refractivity contribution < 1.29 is 9.59 Å². The first kappa shape index (κ1) is 8.45. The molecule has 1 heterocycles. The lowest BCUT2D eigenvalue weighted by Crippen LogP contribution is -2.39. The maximum Gasteiger partial charge on any atom is 0.250 e. The monoisotopic (exact) mass is 167 g/mol. The molecule has 0 spiro atoms. The second kappa shape index (κ2) is 3.66. The van der Waals surface area contributed by atoms with E-state index in [-0.39, 0.29) is 24.3 Å². The molecule has 2 amide bonds. The van der Waals surface area contributed by atoms with Gasteiger partial charge >= 0.3 is 0 Å². The van der Waals surface area contributed by atoms with Crippen molar-refractivity contribution in [2.45, 2.75) is 6.92 Å². The molecule has 0 radical (unpaired) electrons. The van der Waals surface area contributed by atoms with Gasteiger partial charge in [-0.3, -0.25) is 20.2 Å². The Bertz CT molecular complexity index is 268. The van der Waals surface area contributed by atoms with Gasteiger partial charge in [-0.2, -0.15) is 0 Å². The lowest BCUT2D eigenvalue weighted by atomic mass is 10.5. The standard InChI is InChI=1S/C7H9N3O2/c1-2-3-5(11)9-7-8-4-6(12)10-7/h2-3H,4H2,1H3,(H2,8,9,10,11,12)/b3-2+. The minimum absolute atomic E-state index is 0.0887. The summed E-state index contributed by atoms with van der Waals surface area (Å²) in [6.45, 7) is 1.82. The van der Waals surface area contributed by atoms with Gasteiger partial charge < -0.3 is 0 Å². The van der Waals surface area contributed by atoms with Gasteiger partial charge in [0, 0.05) is 0 Å². The van der Waals surface area contributed by atoms with E-state index in [1.807, 2.05) is 0 Å². The van der Waals surface area contributed by atoms with Gasteiger partial charge in [0.2, 0.25) is 17.8 Å². The van der Waals surface area contributed by atoms with Crippen LogP contribution in [0.4, 0.5) is 0 Å². The fourth-order valence-corrected chi connectivity index (χ4v) is 0.742. The molecule has 0 saturated carbocycles. The Morgan fingerprint density at radius 3 is 3.00 bits per heavy atom. The van der Waals surface area contributed by atoms with Gasteiger partial charge in [0.1, 0.15) is 6.54 Å². The molecule has 0 aliphatic carbocycles. The molecule has 1 aliphatic rings. The minimum Gasteiger partial charge on any atom is -0.295 e. The molecule has 0 unspecified atom stereocenters. The van der Waals surface area contributed by atoms with Gasteiger partial charge in [-0.15, -0.1) is 0 Å². The number of hydrogen-bond acceptors (Lipinski definition) is 3. The predicted molar refractivity (Wildman–Crippen MR) is 43.4 cm³/mol. The first-order chi connectivity index (χ1) is 5.72. The molecule has 1 aliphatic heterocycles. The quantitative estimate of drug-likeness (QED) is 0.500.